The van der Waals surface area contributed by atoms with Gasteiger partial charge in [0.2, 0.25) is 11.9 Å². The molecule has 132 valence electrons. The van der Waals surface area contributed by atoms with E-state index in [9.17, 15) is 9.59 Å². The van der Waals surface area contributed by atoms with Gasteiger partial charge in [0.05, 0.1) is 11.6 Å². The number of aryl methyl sites for hydroxylation is 1. The molecule has 1 saturated heterocycles. The average molecular weight is 352 g/mol. The Bertz CT molecular complexity index is 890. The molecule has 2 heterocycles. The molecule has 3 rings (SSSR count). The summed E-state index contributed by atoms with van der Waals surface area (Å²) in [6.45, 7) is 1.97. The average Bonchev–Trinajstić information content (AvgIpc) is 2.61. The predicted octanol–water partition coefficient (Wildman–Crippen LogP) is 1.73. The van der Waals surface area contributed by atoms with Gasteiger partial charge in [0.1, 0.15) is 12.4 Å². The number of carbonyl (C=O) groups is 2. The van der Waals surface area contributed by atoms with Crippen LogP contribution in [0.15, 0.2) is 30.3 Å². The summed E-state index contributed by atoms with van der Waals surface area (Å²) < 4.78 is 0. The van der Waals surface area contributed by atoms with Gasteiger partial charge in [-0.3, -0.25) is 14.6 Å². The number of anilines is 3. The van der Waals surface area contributed by atoms with Gasteiger partial charge in [-0.2, -0.15) is 10.2 Å². The van der Waals surface area contributed by atoms with Crippen molar-refractivity contribution in [3.63, 3.8) is 0 Å². The SMILES string of the molecule is Cc1cc(Nc2ccc(C#N)cc2)nc(N2CCN(C(=O)O)CC2=O)n1. The summed E-state index contributed by atoms with van der Waals surface area (Å²) in [5.41, 5.74) is 1.96. The lowest BCUT2D eigenvalue weighted by molar-refractivity contribution is -0.120. The monoisotopic (exact) mass is 352 g/mol. The van der Waals surface area contributed by atoms with Crippen molar-refractivity contribution in [2.45, 2.75) is 6.92 Å². The lowest BCUT2D eigenvalue weighted by Crippen LogP contribution is -2.52. The van der Waals surface area contributed by atoms with E-state index >= 15 is 0 Å². The van der Waals surface area contributed by atoms with Crippen molar-refractivity contribution in [1.29, 1.82) is 5.26 Å². The summed E-state index contributed by atoms with van der Waals surface area (Å²) >= 11 is 0. The maximum Gasteiger partial charge on any atom is 0.407 e. The minimum atomic E-state index is -1.12. The molecular formula is C17H16N6O3. The van der Waals surface area contributed by atoms with Crippen molar-refractivity contribution in [2.75, 3.05) is 29.9 Å². The fourth-order valence-electron chi connectivity index (χ4n) is 2.56. The standard InChI is InChI=1S/C17H16N6O3/c1-11-8-14(20-13-4-2-12(9-18)3-5-13)21-16(19-11)23-7-6-22(17(25)26)10-15(23)24/h2-5,8H,6-7,10H2,1H3,(H,25,26)(H,19,20,21). The highest BCUT2D eigenvalue weighted by molar-refractivity contribution is 5.95. The smallest absolute Gasteiger partial charge is 0.407 e. The minimum Gasteiger partial charge on any atom is -0.465 e. The first-order valence-electron chi connectivity index (χ1n) is 7.87. The van der Waals surface area contributed by atoms with Gasteiger partial charge in [-0.15, -0.1) is 0 Å². The maximum atomic E-state index is 12.3. The first-order valence-corrected chi connectivity index (χ1v) is 7.87. The Morgan fingerprint density at radius 3 is 2.62 bits per heavy atom. The lowest BCUT2D eigenvalue weighted by Gasteiger charge is -2.31. The van der Waals surface area contributed by atoms with Crippen LogP contribution in [-0.4, -0.2) is 51.6 Å². The molecule has 1 aromatic carbocycles. The van der Waals surface area contributed by atoms with Crippen LogP contribution in [0.4, 0.5) is 22.2 Å². The number of amides is 2. The van der Waals surface area contributed by atoms with Crippen LogP contribution in [0, 0.1) is 18.3 Å². The number of nitriles is 1. The van der Waals surface area contributed by atoms with Gasteiger partial charge in [-0.05, 0) is 31.2 Å². The number of piperazine rings is 1. The summed E-state index contributed by atoms with van der Waals surface area (Å²) in [4.78, 5) is 34.3. The van der Waals surface area contributed by atoms with Gasteiger partial charge < -0.3 is 10.4 Å². The molecule has 1 aromatic heterocycles. The zero-order chi connectivity index (χ0) is 18.7. The zero-order valence-electron chi connectivity index (χ0n) is 14.0. The van der Waals surface area contributed by atoms with Gasteiger partial charge in [0.25, 0.3) is 0 Å². The van der Waals surface area contributed by atoms with Crippen molar-refractivity contribution >= 4 is 29.5 Å². The second-order valence-electron chi connectivity index (χ2n) is 5.76. The fraction of sp³-hybridized carbons (Fsp3) is 0.235. The van der Waals surface area contributed by atoms with Gasteiger partial charge in [-0.1, -0.05) is 0 Å². The molecule has 1 aliphatic rings. The summed E-state index contributed by atoms with van der Waals surface area (Å²) in [6.07, 6.45) is -1.12. The largest absolute Gasteiger partial charge is 0.465 e. The molecule has 2 amide bonds. The Kier molecular flexibility index (Phi) is 4.66. The molecular weight excluding hydrogens is 336 g/mol. The van der Waals surface area contributed by atoms with Gasteiger partial charge in [0, 0.05) is 30.5 Å². The topological polar surface area (TPSA) is 122 Å². The van der Waals surface area contributed by atoms with Crippen LogP contribution in [0.25, 0.3) is 0 Å². The molecule has 26 heavy (non-hydrogen) atoms. The van der Waals surface area contributed by atoms with Crippen molar-refractivity contribution in [3.05, 3.63) is 41.6 Å². The summed E-state index contributed by atoms with van der Waals surface area (Å²) in [7, 11) is 0. The van der Waals surface area contributed by atoms with E-state index in [0.717, 1.165) is 10.6 Å². The van der Waals surface area contributed by atoms with Gasteiger partial charge >= 0.3 is 6.09 Å². The number of aromatic nitrogens is 2. The molecule has 2 N–H and O–H groups in total. The van der Waals surface area contributed by atoms with E-state index in [1.54, 1.807) is 37.3 Å². The Morgan fingerprint density at radius 2 is 2.00 bits per heavy atom. The normalized spacial score (nSPS) is 14.1. The van der Waals surface area contributed by atoms with E-state index in [1.165, 1.54) is 4.90 Å². The third-order valence-corrected chi connectivity index (χ3v) is 3.86. The predicted molar refractivity (Wildman–Crippen MR) is 93.2 cm³/mol. The van der Waals surface area contributed by atoms with Gasteiger partial charge in [-0.25, -0.2) is 9.78 Å². The van der Waals surface area contributed by atoms with Crippen molar-refractivity contribution < 1.29 is 14.7 Å². The molecule has 0 spiro atoms. The molecule has 0 aliphatic carbocycles. The fourth-order valence-corrected chi connectivity index (χ4v) is 2.56. The van der Waals surface area contributed by atoms with Crippen LogP contribution < -0.4 is 10.2 Å². The highest BCUT2D eigenvalue weighted by atomic mass is 16.4. The minimum absolute atomic E-state index is 0.199. The number of nitrogens with one attached hydrogen (secondary N) is 1. The highest BCUT2D eigenvalue weighted by Gasteiger charge is 2.29. The molecule has 0 saturated carbocycles. The van der Waals surface area contributed by atoms with E-state index in [-0.39, 0.29) is 31.5 Å². The number of hydrogen-bond donors (Lipinski definition) is 2. The Labute approximate surface area is 149 Å². The molecule has 1 fully saturated rings. The van der Waals surface area contributed by atoms with Crippen molar-refractivity contribution in [3.8, 4) is 6.07 Å². The van der Waals surface area contributed by atoms with E-state index in [4.69, 9.17) is 10.4 Å². The van der Waals surface area contributed by atoms with Crippen molar-refractivity contribution in [1.82, 2.24) is 14.9 Å². The number of benzene rings is 1. The van der Waals surface area contributed by atoms with Crippen LogP contribution in [0.2, 0.25) is 0 Å². The molecule has 0 atom stereocenters. The van der Waals surface area contributed by atoms with Crippen molar-refractivity contribution in [2.24, 2.45) is 0 Å². The third kappa shape index (κ3) is 3.70. The number of nitrogens with zero attached hydrogens (tertiary/aromatic N) is 5. The number of rotatable bonds is 3. The van der Waals surface area contributed by atoms with E-state index in [2.05, 4.69) is 21.4 Å². The molecule has 9 nitrogen and oxygen atoms in total. The molecule has 2 aromatic rings. The van der Waals surface area contributed by atoms with Crippen LogP contribution in [0.1, 0.15) is 11.3 Å². The number of carbonyl (C=O) groups excluding carboxylic acids is 1. The van der Waals surface area contributed by atoms with E-state index in [0.29, 0.717) is 17.1 Å². The summed E-state index contributed by atoms with van der Waals surface area (Å²) in [6, 6.07) is 10.7. The first kappa shape index (κ1) is 17.2. The quantitative estimate of drug-likeness (QED) is 0.862. The van der Waals surface area contributed by atoms with Crippen LogP contribution in [0.5, 0.6) is 0 Å². The van der Waals surface area contributed by atoms with Crippen LogP contribution in [0.3, 0.4) is 0 Å². The molecule has 0 unspecified atom stereocenters. The maximum absolute atomic E-state index is 12.3. The van der Waals surface area contributed by atoms with Crippen LogP contribution >= 0.6 is 0 Å². The molecule has 0 radical (unpaired) electrons. The summed E-state index contributed by atoms with van der Waals surface area (Å²) in [5.74, 6) is 0.371. The second kappa shape index (κ2) is 7.06. The van der Waals surface area contributed by atoms with E-state index < -0.39 is 6.09 Å². The van der Waals surface area contributed by atoms with E-state index in [1.807, 2.05) is 0 Å². The Morgan fingerprint density at radius 1 is 1.27 bits per heavy atom. The Hall–Kier alpha value is -3.67. The third-order valence-electron chi connectivity index (χ3n) is 3.86. The highest BCUT2D eigenvalue weighted by Crippen LogP contribution is 2.20. The number of carboxylic acid groups (broad SMARTS) is 1. The number of hydrogen-bond acceptors (Lipinski definition) is 6. The lowest BCUT2D eigenvalue weighted by atomic mass is 10.2. The molecule has 0 bridgehead atoms. The Balaban J connectivity index is 1.80. The molecule has 1 aliphatic heterocycles. The second-order valence-corrected chi connectivity index (χ2v) is 5.76. The van der Waals surface area contributed by atoms with Crippen LogP contribution in [-0.2, 0) is 4.79 Å². The summed E-state index contributed by atoms with van der Waals surface area (Å²) in [5, 5.41) is 21.0. The van der Waals surface area contributed by atoms with Gasteiger partial charge in [0.15, 0.2) is 0 Å². The first-order chi connectivity index (χ1) is 12.5. The zero-order valence-corrected chi connectivity index (χ0v) is 14.0. The molecule has 9 heteroatoms.